The first-order chi connectivity index (χ1) is 8.63. The van der Waals surface area contributed by atoms with Crippen molar-refractivity contribution in [2.45, 2.75) is 6.04 Å². The smallest absolute Gasteiger partial charge is 0.329 e. The molecule has 1 N–H and O–H groups in total. The molecule has 5 nitrogen and oxygen atoms in total. The van der Waals surface area contributed by atoms with E-state index in [2.05, 4.69) is 22.7 Å². The van der Waals surface area contributed by atoms with Gasteiger partial charge in [0.15, 0.2) is 0 Å². The Bertz CT molecular complexity index is 436. The highest BCUT2D eigenvalue weighted by atomic mass is 32.1. The zero-order valence-electron chi connectivity index (χ0n) is 10.2. The van der Waals surface area contributed by atoms with Gasteiger partial charge in [0.1, 0.15) is 11.8 Å². The fraction of sp³-hybridized carbons (Fsp3) is 0.333. The van der Waals surface area contributed by atoms with Crippen LogP contribution in [0.4, 0.5) is 0 Å². The van der Waals surface area contributed by atoms with Crippen LogP contribution in [0.25, 0.3) is 0 Å². The SMILES string of the molecule is COC(=O)C(CS)NC(=O)c1ccccc1OC. The molecule has 1 rings (SSSR count). The van der Waals surface area contributed by atoms with Crippen LogP contribution < -0.4 is 10.1 Å². The first-order valence-electron chi connectivity index (χ1n) is 5.26. The molecular formula is C12H15NO4S. The second kappa shape index (κ2) is 6.90. The largest absolute Gasteiger partial charge is 0.496 e. The normalized spacial score (nSPS) is 11.5. The number of hydrogen-bond acceptors (Lipinski definition) is 5. The number of carbonyl (C=O) groups excluding carboxylic acids is 2. The quantitative estimate of drug-likeness (QED) is 0.615. The summed E-state index contributed by atoms with van der Waals surface area (Å²) < 4.78 is 9.64. The van der Waals surface area contributed by atoms with Crippen molar-refractivity contribution >= 4 is 24.5 Å². The molecule has 0 aliphatic carbocycles. The number of thiol groups is 1. The molecule has 0 aromatic heterocycles. The zero-order valence-corrected chi connectivity index (χ0v) is 11.1. The molecule has 0 aliphatic heterocycles. The molecule has 1 aromatic rings. The molecule has 6 heteroatoms. The van der Waals surface area contributed by atoms with Gasteiger partial charge in [-0.25, -0.2) is 4.79 Å². The van der Waals surface area contributed by atoms with Gasteiger partial charge in [-0.3, -0.25) is 4.79 Å². The highest BCUT2D eigenvalue weighted by Crippen LogP contribution is 2.17. The molecule has 0 heterocycles. The number of para-hydroxylation sites is 1. The average molecular weight is 269 g/mol. The highest BCUT2D eigenvalue weighted by molar-refractivity contribution is 7.80. The Morgan fingerprint density at radius 3 is 2.56 bits per heavy atom. The number of ether oxygens (including phenoxy) is 2. The summed E-state index contributed by atoms with van der Waals surface area (Å²) in [6.45, 7) is 0. The minimum Gasteiger partial charge on any atom is -0.496 e. The first-order valence-corrected chi connectivity index (χ1v) is 5.89. The van der Waals surface area contributed by atoms with E-state index in [1.54, 1.807) is 24.3 Å². The Morgan fingerprint density at radius 2 is 2.00 bits per heavy atom. The van der Waals surface area contributed by atoms with Crippen LogP contribution >= 0.6 is 12.6 Å². The van der Waals surface area contributed by atoms with Crippen molar-refractivity contribution in [3.8, 4) is 5.75 Å². The summed E-state index contributed by atoms with van der Waals surface area (Å²) in [6, 6.07) is 5.97. The van der Waals surface area contributed by atoms with Crippen LogP contribution in [0.2, 0.25) is 0 Å². The Labute approximate surface area is 111 Å². The van der Waals surface area contributed by atoms with Crippen molar-refractivity contribution in [1.82, 2.24) is 5.32 Å². The minimum atomic E-state index is -0.782. The van der Waals surface area contributed by atoms with E-state index in [0.29, 0.717) is 11.3 Å². The lowest BCUT2D eigenvalue weighted by molar-refractivity contribution is -0.142. The summed E-state index contributed by atoms with van der Waals surface area (Å²) >= 11 is 4.00. The first kappa shape index (κ1) is 14.4. The van der Waals surface area contributed by atoms with E-state index >= 15 is 0 Å². The van der Waals surface area contributed by atoms with Crippen LogP contribution in [-0.4, -0.2) is 37.9 Å². The van der Waals surface area contributed by atoms with E-state index in [0.717, 1.165) is 0 Å². The summed E-state index contributed by atoms with van der Waals surface area (Å²) in [5.41, 5.74) is 0.357. The molecule has 0 radical (unpaired) electrons. The molecule has 1 aromatic carbocycles. The third-order valence-electron chi connectivity index (χ3n) is 2.33. The van der Waals surface area contributed by atoms with Crippen molar-refractivity contribution in [3.63, 3.8) is 0 Å². The molecule has 98 valence electrons. The van der Waals surface area contributed by atoms with Crippen LogP contribution in [0.5, 0.6) is 5.75 Å². The number of carbonyl (C=O) groups is 2. The Morgan fingerprint density at radius 1 is 1.33 bits per heavy atom. The van der Waals surface area contributed by atoms with E-state index in [1.807, 2.05) is 0 Å². The van der Waals surface area contributed by atoms with Gasteiger partial charge >= 0.3 is 5.97 Å². The summed E-state index contributed by atoms with van der Waals surface area (Å²) in [4.78, 5) is 23.3. The van der Waals surface area contributed by atoms with Crippen LogP contribution in [0.3, 0.4) is 0 Å². The summed E-state index contributed by atoms with van der Waals surface area (Å²) in [7, 11) is 2.73. The summed E-state index contributed by atoms with van der Waals surface area (Å²) in [5, 5.41) is 2.54. The fourth-order valence-electron chi connectivity index (χ4n) is 1.39. The van der Waals surface area contributed by atoms with Crippen molar-refractivity contribution in [2.24, 2.45) is 0 Å². The molecule has 0 bridgehead atoms. The Kier molecular flexibility index (Phi) is 5.51. The molecule has 18 heavy (non-hydrogen) atoms. The van der Waals surface area contributed by atoms with E-state index in [9.17, 15) is 9.59 Å². The molecule has 0 aliphatic rings. The van der Waals surface area contributed by atoms with E-state index < -0.39 is 17.9 Å². The van der Waals surface area contributed by atoms with Gasteiger partial charge in [-0.15, -0.1) is 0 Å². The third-order valence-corrected chi connectivity index (χ3v) is 2.69. The molecular weight excluding hydrogens is 254 g/mol. The second-order valence-electron chi connectivity index (χ2n) is 3.43. The lowest BCUT2D eigenvalue weighted by Crippen LogP contribution is -2.42. The number of esters is 1. The highest BCUT2D eigenvalue weighted by Gasteiger charge is 2.21. The fourth-order valence-corrected chi connectivity index (χ4v) is 1.63. The molecule has 0 saturated heterocycles. The molecule has 1 unspecified atom stereocenters. The van der Waals surface area contributed by atoms with Crippen molar-refractivity contribution in [1.29, 1.82) is 0 Å². The minimum absolute atomic E-state index is 0.160. The average Bonchev–Trinajstić information content (AvgIpc) is 2.43. The maximum Gasteiger partial charge on any atom is 0.329 e. The molecule has 1 amide bonds. The van der Waals surface area contributed by atoms with Gasteiger partial charge in [0.2, 0.25) is 0 Å². The standard InChI is InChI=1S/C12H15NO4S/c1-16-10-6-4-3-5-8(10)11(14)13-9(7-18)12(15)17-2/h3-6,9,18H,7H2,1-2H3,(H,13,14). The maximum absolute atomic E-state index is 12.0. The number of methoxy groups -OCH3 is 2. The Balaban J connectivity index is 2.84. The van der Waals surface area contributed by atoms with E-state index in [1.165, 1.54) is 14.2 Å². The van der Waals surface area contributed by atoms with Gasteiger partial charge in [0.05, 0.1) is 19.8 Å². The van der Waals surface area contributed by atoms with E-state index in [4.69, 9.17) is 4.74 Å². The number of rotatable bonds is 5. The molecule has 1 atom stereocenters. The number of amides is 1. The van der Waals surface area contributed by atoms with Gasteiger partial charge in [0.25, 0.3) is 5.91 Å². The topological polar surface area (TPSA) is 64.6 Å². The molecule has 0 fully saturated rings. The number of nitrogens with one attached hydrogen (secondary N) is 1. The maximum atomic E-state index is 12.0. The third kappa shape index (κ3) is 3.40. The summed E-state index contributed by atoms with van der Waals surface area (Å²) in [5.74, 6) is -0.337. The van der Waals surface area contributed by atoms with Gasteiger partial charge in [-0.1, -0.05) is 12.1 Å². The van der Waals surface area contributed by atoms with E-state index in [-0.39, 0.29) is 5.75 Å². The second-order valence-corrected chi connectivity index (χ2v) is 3.80. The Hall–Kier alpha value is -1.69. The number of benzene rings is 1. The number of hydrogen-bond donors (Lipinski definition) is 2. The van der Waals surface area contributed by atoms with Crippen LogP contribution in [0.15, 0.2) is 24.3 Å². The van der Waals surface area contributed by atoms with Gasteiger partial charge in [-0.05, 0) is 12.1 Å². The van der Waals surface area contributed by atoms with Crippen molar-refractivity contribution in [3.05, 3.63) is 29.8 Å². The van der Waals surface area contributed by atoms with Gasteiger partial charge in [0, 0.05) is 5.75 Å². The van der Waals surface area contributed by atoms with Crippen LogP contribution in [0.1, 0.15) is 10.4 Å². The lowest BCUT2D eigenvalue weighted by Gasteiger charge is -2.15. The monoisotopic (exact) mass is 269 g/mol. The van der Waals surface area contributed by atoms with Gasteiger partial charge in [-0.2, -0.15) is 12.6 Å². The van der Waals surface area contributed by atoms with Crippen molar-refractivity contribution < 1.29 is 19.1 Å². The molecule has 0 spiro atoms. The lowest BCUT2D eigenvalue weighted by atomic mass is 10.1. The zero-order chi connectivity index (χ0) is 13.5. The van der Waals surface area contributed by atoms with Crippen molar-refractivity contribution in [2.75, 3.05) is 20.0 Å². The summed E-state index contributed by atoms with van der Waals surface area (Å²) in [6.07, 6.45) is 0. The predicted molar refractivity (Wildman–Crippen MR) is 70.1 cm³/mol. The predicted octanol–water partition coefficient (Wildman–Crippen LogP) is 0.896. The molecule has 0 saturated carbocycles. The van der Waals surface area contributed by atoms with Gasteiger partial charge < -0.3 is 14.8 Å². The van der Waals surface area contributed by atoms with Crippen LogP contribution in [0, 0.1) is 0 Å². The van der Waals surface area contributed by atoms with Crippen LogP contribution in [-0.2, 0) is 9.53 Å².